The van der Waals surface area contributed by atoms with Crippen LogP contribution in [-0.2, 0) is 0 Å². The van der Waals surface area contributed by atoms with Gasteiger partial charge in [0.25, 0.3) is 0 Å². The van der Waals surface area contributed by atoms with Gasteiger partial charge in [-0.25, -0.2) is 0 Å². The van der Waals surface area contributed by atoms with E-state index in [1.807, 2.05) is 26.0 Å². The molecular formula is C13H13NO2. The Bertz CT molecular complexity index is 512. The van der Waals surface area contributed by atoms with E-state index < -0.39 is 0 Å². The first-order chi connectivity index (χ1) is 7.59. The minimum atomic E-state index is 0.145. The van der Waals surface area contributed by atoms with Crippen LogP contribution in [0.25, 0.3) is 11.3 Å². The number of hydrogen-bond donors (Lipinski definition) is 2. The van der Waals surface area contributed by atoms with Crippen molar-refractivity contribution in [3.8, 4) is 22.8 Å². The van der Waals surface area contributed by atoms with E-state index in [0.29, 0.717) is 11.4 Å². The zero-order valence-corrected chi connectivity index (χ0v) is 9.23. The van der Waals surface area contributed by atoms with Gasteiger partial charge in [0.2, 0.25) is 0 Å². The van der Waals surface area contributed by atoms with Crippen LogP contribution in [0.3, 0.4) is 0 Å². The van der Waals surface area contributed by atoms with Crippen molar-refractivity contribution in [3.63, 3.8) is 0 Å². The van der Waals surface area contributed by atoms with Crippen LogP contribution in [-0.4, -0.2) is 15.2 Å². The van der Waals surface area contributed by atoms with Crippen LogP contribution in [0.15, 0.2) is 30.5 Å². The molecule has 2 rings (SSSR count). The molecule has 0 aliphatic heterocycles. The first-order valence-electron chi connectivity index (χ1n) is 5.04. The number of nitrogens with zero attached hydrogens (tertiary/aromatic N) is 1. The predicted octanol–water partition coefficient (Wildman–Crippen LogP) is 2.78. The van der Waals surface area contributed by atoms with E-state index >= 15 is 0 Å². The molecule has 0 aliphatic carbocycles. The molecule has 2 N–H and O–H groups in total. The maximum Gasteiger partial charge on any atom is 0.141 e. The molecule has 16 heavy (non-hydrogen) atoms. The highest BCUT2D eigenvalue weighted by atomic mass is 16.3. The van der Waals surface area contributed by atoms with Crippen LogP contribution < -0.4 is 0 Å². The molecule has 0 spiro atoms. The zero-order valence-electron chi connectivity index (χ0n) is 9.23. The molecule has 82 valence electrons. The van der Waals surface area contributed by atoms with Gasteiger partial charge >= 0.3 is 0 Å². The lowest BCUT2D eigenvalue weighted by molar-refractivity contribution is 0.466. The number of rotatable bonds is 1. The second-order valence-electron chi connectivity index (χ2n) is 3.83. The van der Waals surface area contributed by atoms with Crippen molar-refractivity contribution < 1.29 is 10.2 Å². The molecule has 0 bridgehead atoms. The van der Waals surface area contributed by atoms with Crippen molar-refractivity contribution >= 4 is 0 Å². The molecule has 3 nitrogen and oxygen atoms in total. The second-order valence-corrected chi connectivity index (χ2v) is 3.83. The minimum Gasteiger partial charge on any atom is -0.507 e. The van der Waals surface area contributed by atoms with Crippen molar-refractivity contribution in [2.45, 2.75) is 13.8 Å². The topological polar surface area (TPSA) is 53.4 Å². The summed E-state index contributed by atoms with van der Waals surface area (Å²) in [7, 11) is 0. The van der Waals surface area contributed by atoms with Gasteiger partial charge in [-0.1, -0.05) is 0 Å². The Morgan fingerprint density at radius 1 is 1.06 bits per heavy atom. The van der Waals surface area contributed by atoms with E-state index in [-0.39, 0.29) is 5.75 Å². The molecule has 0 saturated heterocycles. The van der Waals surface area contributed by atoms with E-state index in [1.165, 1.54) is 0 Å². The van der Waals surface area contributed by atoms with Crippen LogP contribution in [0.1, 0.15) is 11.1 Å². The number of aryl methyl sites for hydroxylation is 2. The second kappa shape index (κ2) is 3.85. The molecule has 0 atom stereocenters. The Labute approximate surface area is 94.0 Å². The molecule has 0 fully saturated rings. The lowest BCUT2D eigenvalue weighted by Gasteiger charge is -2.08. The van der Waals surface area contributed by atoms with E-state index in [4.69, 9.17) is 0 Å². The average Bonchev–Trinajstić information content (AvgIpc) is 2.26. The van der Waals surface area contributed by atoms with Crippen LogP contribution in [0.4, 0.5) is 0 Å². The van der Waals surface area contributed by atoms with Crippen molar-refractivity contribution in [1.29, 1.82) is 0 Å². The third-order valence-corrected chi connectivity index (χ3v) is 2.55. The van der Waals surface area contributed by atoms with Crippen molar-refractivity contribution in [2.75, 3.05) is 0 Å². The number of aromatic nitrogens is 1. The van der Waals surface area contributed by atoms with Crippen molar-refractivity contribution in [1.82, 2.24) is 4.98 Å². The Morgan fingerprint density at radius 2 is 1.69 bits per heavy atom. The van der Waals surface area contributed by atoms with E-state index in [2.05, 4.69) is 4.98 Å². The summed E-state index contributed by atoms with van der Waals surface area (Å²) < 4.78 is 0. The highest BCUT2D eigenvalue weighted by Crippen LogP contribution is 2.31. The van der Waals surface area contributed by atoms with Gasteiger partial charge in [0, 0.05) is 11.8 Å². The number of benzene rings is 1. The smallest absolute Gasteiger partial charge is 0.141 e. The molecule has 1 aromatic carbocycles. The molecule has 1 heterocycles. The quantitative estimate of drug-likeness (QED) is 0.769. The Kier molecular flexibility index (Phi) is 2.52. The number of phenols is 1. The standard InChI is InChI=1S/C13H13NO2/c1-8-6-10(7-9(2)13(8)16)12-11(15)4-3-5-14-12/h3-7,15-16H,1-2H3. The Balaban J connectivity index is 2.62. The molecule has 0 amide bonds. The summed E-state index contributed by atoms with van der Waals surface area (Å²) in [6.07, 6.45) is 1.63. The van der Waals surface area contributed by atoms with E-state index in [0.717, 1.165) is 16.7 Å². The molecular weight excluding hydrogens is 202 g/mol. The van der Waals surface area contributed by atoms with Gasteiger partial charge in [0.1, 0.15) is 17.2 Å². The molecule has 1 aromatic heterocycles. The first kappa shape index (κ1) is 10.5. The number of pyridine rings is 1. The van der Waals surface area contributed by atoms with Gasteiger partial charge in [0.05, 0.1) is 0 Å². The van der Waals surface area contributed by atoms with Gasteiger partial charge in [-0.15, -0.1) is 0 Å². The summed E-state index contributed by atoms with van der Waals surface area (Å²) >= 11 is 0. The summed E-state index contributed by atoms with van der Waals surface area (Å²) in [6.45, 7) is 3.65. The first-order valence-corrected chi connectivity index (χ1v) is 5.04. The van der Waals surface area contributed by atoms with Gasteiger partial charge in [-0.05, 0) is 49.2 Å². The third-order valence-electron chi connectivity index (χ3n) is 2.55. The van der Waals surface area contributed by atoms with Crippen molar-refractivity contribution in [3.05, 3.63) is 41.6 Å². The molecule has 0 unspecified atom stereocenters. The summed E-state index contributed by atoms with van der Waals surface area (Å²) in [4.78, 5) is 4.13. The maximum absolute atomic E-state index is 9.69. The molecule has 0 aliphatic rings. The summed E-state index contributed by atoms with van der Waals surface area (Å²) in [5.74, 6) is 0.436. The van der Waals surface area contributed by atoms with Crippen LogP contribution in [0, 0.1) is 13.8 Å². The van der Waals surface area contributed by atoms with Crippen LogP contribution >= 0.6 is 0 Å². The fourth-order valence-electron chi connectivity index (χ4n) is 1.71. The number of hydrogen-bond acceptors (Lipinski definition) is 3. The van der Waals surface area contributed by atoms with E-state index in [9.17, 15) is 10.2 Å². The number of phenolic OH excluding ortho intramolecular Hbond substituents is 1. The highest BCUT2D eigenvalue weighted by Gasteiger charge is 2.09. The molecule has 0 radical (unpaired) electrons. The van der Waals surface area contributed by atoms with Crippen molar-refractivity contribution in [2.24, 2.45) is 0 Å². The normalized spacial score (nSPS) is 10.4. The molecule has 0 saturated carbocycles. The summed E-state index contributed by atoms with van der Waals surface area (Å²) in [5.41, 5.74) is 2.90. The van der Waals surface area contributed by atoms with Gasteiger partial charge < -0.3 is 10.2 Å². The van der Waals surface area contributed by atoms with Gasteiger partial charge in [-0.3, -0.25) is 4.98 Å². The summed E-state index contributed by atoms with van der Waals surface area (Å²) in [5, 5.41) is 19.4. The number of aromatic hydroxyl groups is 2. The lowest BCUT2D eigenvalue weighted by Crippen LogP contribution is -1.87. The van der Waals surface area contributed by atoms with Gasteiger partial charge in [-0.2, -0.15) is 0 Å². The SMILES string of the molecule is Cc1cc(-c2ncccc2O)cc(C)c1O. The fourth-order valence-corrected chi connectivity index (χ4v) is 1.71. The molecule has 2 aromatic rings. The minimum absolute atomic E-state index is 0.145. The monoisotopic (exact) mass is 215 g/mol. The van der Waals surface area contributed by atoms with Crippen LogP contribution in [0.2, 0.25) is 0 Å². The van der Waals surface area contributed by atoms with Crippen LogP contribution in [0.5, 0.6) is 11.5 Å². The molecule has 3 heteroatoms. The van der Waals surface area contributed by atoms with Gasteiger partial charge in [0.15, 0.2) is 0 Å². The summed E-state index contributed by atoms with van der Waals surface area (Å²) in [6, 6.07) is 6.90. The fraction of sp³-hybridized carbons (Fsp3) is 0.154. The third kappa shape index (κ3) is 1.72. The predicted molar refractivity (Wildman–Crippen MR) is 62.5 cm³/mol. The Morgan fingerprint density at radius 3 is 2.25 bits per heavy atom. The zero-order chi connectivity index (χ0) is 11.7. The highest BCUT2D eigenvalue weighted by molar-refractivity contribution is 5.68. The largest absolute Gasteiger partial charge is 0.507 e. The average molecular weight is 215 g/mol. The maximum atomic E-state index is 9.69. The van der Waals surface area contributed by atoms with E-state index in [1.54, 1.807) is 18.3 Å². The lowest BCUT2D eigenvalue weighted by atomic mass is 10.0. The Hall–Kier alpha value is -2.03.